The summed E-state index contributed by atoms with van der Waals surface area (Å²) in [7, 11) is 1.85. The summed E-state index contributed by atoms with van der Waals surface area (Å²) in [4.78, 5) is 19.9. The number of aromatic nitrogens is 2. The molecule has 3 N–H and O–H groups in total. The lowest BCUT2D eigenvalue weighted by atomic mass is 9.97. The van der Waals surface area contributed by atoms with Crippen LogP contribution in [-0.4, -0.2) is 29.5 Å². The van der Waals surface area contributed by atoms with E-state index in [-0.39, 0.29) is 42.7 Å². The van der Waals surface area contributed by atoms with E-state index >= 15 is 0 Å². The predicted molar refractivity (Wildman–Crippen MR) is 110 cm³/mol. The van der Waals surface area contributed by atoms with Crippen LogP contribution in [-0.2, 0) is 4.79 Å². The fourth-order valence-electron chi connectivity index (χ4n) is 2.82. The maximum atomic E-state index is 12.5. The van der Waals surface area contributed by atoms with Crippen molar-refractivity contribution >= 4 is 41.8 Å². The summed E-state index contributed by atoms with van der Waals surface area (Å²) in [5.41, 5.74) is 3.97. The number of benzene rings is 2. The van der Waals surface area contributed by atoms with Crippen LogP contribution in [0.15, 0.2) is 54.9 Å². The zero-order valence-electron chi connectivity index (χ0n) is 14.7. The quantitative estimate of drug-likeness (QED) is 0.599. The first kappa shape index (κ1) is 22.0. The van der Waals surface area contributed by atoms with Gasteiger partial charge in [-0.3, -0.25) is 4.79 Å². The largest absolute Gasteiger partial charge is 0.345 e. The Balaban J connectivity index is 0.00000169. The van der Waals surface area contributed by atoms with Crippen molar-refractivity contribution in [2.24, 2.45) is 5.92 Å². The topological polar surface area (TPSA) is 69.8 Å². The van der Waals surface area contributed by atoms with Crippen LogP contribution in [0.1, 0.15) is 24.1 Å². The second-order valence-electron chi connectivity index (χ2n) is 5.99. The van der Waals surface area contributed by atoms with E-state index in [1.54, 1.807) is 6.33 Å². The third kappa shape index (κ3) is 4.97. The smallest absolute Gasteiger partial charge is 0.224 e. The SMILES string of the molecule is CNCC(C)C(=O)NC(c1ccccc1)c1ccc2nc[nH]c2c1.Cl.Cl. The van der Waals surface area contributed by atoms with Gasteiger partial charge >= 0.3 is 0 Å². The zero-order chi connectivity index (χ0) is 16.9. The molecule has 0 radical (unpaired) electrons. The predicted octanol–water partition coefficient (Wildman–Crippen LogP) is 3.47. The number of aromatic amines is 1. The van der Waals surface area contributed by atoms with Crippen molar-refractivity contribution in [2.45, 2.75) is 13.0 Å². The molecule has 2 aromatic carbocycles. The number of H-pyrrole nitrogens is 1. The molecular formula is C19H24Cl2N4O. The van der Waals surface area contributed by atoms with E-state index < -0.39 is 0 Å². The number of nitrogens with one attached hydrogen (secondary N) is 3. The van der Waals surface area contributed by atoms with E-state index in [0.29, 0.717) is 6.54 Å². The van der Waals surface area contributed by atoms with Gasteiger partial charge in [0.05, 0.1) is 23.4 Å². The monoisotopic (exact) mass is 394 g/mol. The highest BCUT2D eigenvalue weighted by molar-refractivity contribution is 5.85. The van der Waals surface area contributed by atoms with Crippen molar-refractivity contribution < 1.29 is 4.79 Å². The zero-order valence-corrected chi connectivity index (χ0v) is 16.4. The number of carbonyl (C=O) groups is 1. The number of fused-ring (bicyclic) bond motifs is 1. The Morgan fingerprint density at radius 2 is 1.85 bits per heavy atom. The van der Waals surface area contributed by atoms with Crippen LogP contribution in [0.25, 0.3) is 11.0 Å². The molecule has 1 aromatic heterocycles. The van der Waals surface area contributed by atoms with Crippen molar-refractivity contribution in [1.82, 2.24) is 20.6 Å². The third-order valence-electron chi connectivity index (χ3n) is 4.16. The molecule has 2 unspecified atom stereocenters. The van der Waals surface area contributed by atoms with Crippen LogP contribution in [0, 0.1) is 5.92 Å². The van der Waals surface area contributed by atoms with E-state index in [4.69, 9.17) is 0 Å². The number of hydrogen-bond acceptors (Lipinski definition) is 3. The van der Waals surface area contributed by atoms with Crippen LogP contribution in [0.5, 0.6) is 0 Å². The fourth-order valence-corrected chi connectivity index (χ4v) is 2.82. The molecule has 0 fully saturated rings. The standard InChI is InChI=1S/C19H22N4O.2ClH/c1-13(11-20-2)19(24)23-18(14-6-4-3-5-7-14)15-8-9-16-17(10-15)22-12-21-16;;/h3-10,12-13,18,20H,11H2,1-2H3,(H,21,22)(H,23,24);2*1H. The molecule has 0 spiro atoms. The molecule has 26 heavy (non-hydrogen) atoms. The van der Waals surface area contributed by atoms with Crippen molar-refractivity contribution in [2.75, 3.05) is 13.6 Å². The van der Waals surface area contributed by atoms with Gasteiger partial charge in [0.25, 0.3) is 0 Å². The average molecular weight is 395 g/mol. The molecule has 3 rings (SSSR count). The molecule has 0 aliphatic heterocycles. The van der Waals surface area contributed by atoms with E-state index in [2.05, 4.69) is 20.6 Å². The molecule has 2 atom stereocenters. The first-order valence-corrected chi connectivity index (χ1v) is 8.12. The molecule has 0 saturated heterocycles. The number of nitrogens with zero attached hydrogens (tertiary/aromatic N) is 1. The van der Waals surface area contributed by atoms with Crippen LogP contribution in [0.4, 0.5) is 0 Å². The van der Waals surface area contributed by atoms with Crippen LogP contribution in [0.3, 0.4) is 0 Å². The summed E-state index contributed by atoms with van der Waals surface area (Å²) < 4.78 is 0. The van der Waals surface area contributed by atoms with Crippen LogP contribution < -0.4 is 10.6 Å². The second kappa shape index (κ2) is 10.2. The van der Waals surface area contributed by atoms with E-state index in [1.165, 1.54) is 0 Å². The van der Waals surface area contributed by atoms with E-state index in [1.807, 2.05) is 62.5 Å². The molecule has 0 aliphatic carbocycles. The molecule has 5 nitrogen and oxygen atoms in total. The van der Waals surface area contributed by atoms with Crippen molar-refractivity contribution in [3.05, 3.63) is 66.0 Å². The minimum Gasteiger partial charge on any atom is -0.345 e. The molecule has 1 heterocycles. The van der Waals surface area contributed by atoms with Gasteiger partial charge in [-0.25, -0.2) is 4.98 Å². The molecule has 0 saturated carbocycles. The van der Waals surface area contributed by atoms with Crippen LogP contribution >= 0.6 is 24.8 Å². The lowest BCUT2D eigenvalue weighted by Crippen LogP contribution is -2.37. The van der Waals surface area contributed by atoms with Gasteiger partial charge in [0, 0.05) is 12.5 Å². The van der Waals surface area contributed by atoms with Gasteiger partial charge in [-0.1, -0.05) is 43.3 Å². The van der Waals surface area contributed by atoms with Gasteiger partial charge in [-0.05, 0) is 30.3 Å². The average Bonchev–Trinajstić information content (AvgIpc) is 3.08. The second-order valence-corrected chi connectivity index (χ2v) is 5.99. The highest BCUT2D eigenvalue weighted by atomic mass is 35.5. The number of carbonyl (C=O) groups excluding carboxylic acids is 1. The van der Waals surface area contributed by atoms with Crippen molar-refractivity contribution in [3.63, 3.8) is 0 Å². The number of halogens is 2. The minimum absolute atomic E-state index is 0. The molecule has 140 valence electrons. The van der Waals surface area contributed by atoms with Gasteiger partial charge in [-0.15, -0.1) is 24.8 Å². The number of amides is 1. The van der Waals surface area contributed by atoms with Crippen LogP contribution in [0.2, 0.25) is 0 Å². The first-order chi connectivity index (χ1) is 11.7. The van der Waals surface area contributed by atoms with Gasteiger partial charge in [-0.2, -0.15) is 0 Å². The molecule has 3 aromatic rings. The van der Waals surface area contributed by atoms with E-state index in [9.17, 15) is 4.79 Å². The Morgan fingerprint density at radius 3 is 2.54 bits per heavy atom. The highest BCUT2D eigenvalue weighted by Crippen LogP contribution is 2.25. The highest BCUT2D eigenvalue weighted by Gasteiger charge is 2.20. The summed E-state index contributed by atoms with van der Waals surface area (Å²) in [5, 5.41) is 6.23. The summed E-state index contributed by atoms with van der Waals surface area (Å²) in [5.74, 6) is -0.0694. The lowest BCUT2D eigenvalue weighted by Gasteiger charge is -2.22. The van der Waals surface area contributed by atoms with Crippen molar-refractivity contribution in [3.8, 4) is 0 Å². The first-order valence-electron chi connectivity index (χ1n) is 8.12. The normalized spacial score (nSPS) is 12.5. The Kier molecular flexibility index (Phi) is 8.58. The van der Waals surface area contributed by atoms with Gasteiger partial charge in [0.2, 0.25) is 5.91 Å². The molecule has 7 heteroatoms. The molecule has 0 aliphatic rings. The Morgan fingerprint density at radius 1 is 1.12 bits per heavy atom. The Hall–Kier alpha value is -2.08. The minimum atomic E-state index is -0.189. The maximum Gasteiger partial charge on any atom is 0.224 e. The lowest BCUT2D eigenvalue weighted by molar-refractivity contribution is -0.124. The number of hydrogen-bond donors (Lipinski definition) is 3. The number of rotatable bonds is 6. The summed E-state index contributed by atoms with van der Waals surface area (Å²) in [6.07, 6.45) is 1.68. The Bertz CT molecular complexity index is 823. The molecular weight excluding hydrogens is 371 g/mol. The number of imidazole rings is 1. The maximum absolute atomic E-state index is 12.5. The molecule has 1 amide bonds. The Labute approximate surface area is 165 Å². The van der Waals surface area contributed by atoms with Gasteiger partial charge in [0.15, 0.2) is 0 Å². The van der Waals surface area contributed by atoms with Gasteiger partial charge < -0.3 is 15.6 Å². The van der Waals surface area contributed by atoms with E-state index in [0.717, 1.165) is 22.2 Å². The molecule has 0 bridgehead atoms. The van der Waals surface area contributed by atoms with Gasteiger partial charge in [0.1, 0.15) is 0 Å². The van der Waals surface area contributed by atoms with Crippen molar-refractivity contribution in [1.29, 1.82) is 0 Å². The summed E-state index contributed by atoms with van der Waals surface area (Å²) in [6, 6.07) is 15.9. The third-order valence-corrected chi connectivity index (χ3v) is 4.16. The summed E-state index contributed by atoms with van der Waals surface area (Å²) in [6.45, 7) is 2.57. The summed E-state index contributed by atoms with van der Waals surface area (Å²) >= 11 is 0. The fraction of sp³-hybridized carbons (Fsp3) is 0.263.